The van der Waals surface area contributed by atoms with Crippen molar-refractivity contribution in [2.75, 3.05) is 18.5 Å². The summed E-state index contributed by atoms with van der Waals surface area (Å²) in [5.41, 5.74) is 2.34. The van der Waals surface area contributed by atoms with Gasteiger partial charge in [-0.15, -0.1) is 11.3 Å². The number of furan rings is 1. The van der Waals surface area contributed by atoms with Crippen molar-refractivity contribution < 1.29 is 18.7 Å². The third kappa shape index (κ3) is 5.10. The van der Waals surface area contributed by atoms with Gasteiger partial charge in [-0.05, 0) is 61.6 Å². The molecule has 1 atom stereocenters. The van der Waals surface area contributed by atoms with Crippen molar-refractivity contribution in [3.8, 4) is 6.07 Å². The second-order valence-corrected chi connectivity index (χ2v) is 8.84. The van der Waals surface area contributed by atoms with E-state index in [1.54, 1.807) is 18.4 Å². The number of rotatable bonds is 7. The Hall–Kier alpha value is -3.05. The average Bonchev–Trinajstić information content (AvgIpc) is 3.30. The molecule has 0 saturated heterocycles. The van der Waals surface area contributed by atoms with Crippen LogP contribution in [0.2, 0.25) is 0 Å². The standard InChI is InChI=1S/C22H23N3O4S/c23-10-18-17-5-3-16(13-29-22(27)24-11-14-1-2-14)9-19(17)30-21(18)25-20(26)6-4-15-7-8-28-12-15/h4,6-8,12,14,16H,1-3,5,9,11,13H2,(H,24,27)(H,25,26). The van der Waals surface area contributed by atoms with Gasteiger partial charge in [-0.3, -0.25) is 4.79 Å². The number of carbonyl (C=O) groups is 2. The van der Waals surface area contributed by atoms with Gasteiger partial charge in [-0.1, -0.05) is 0 Å². The Bertz CT molecular complexity index is 983. The predicted molar refractivity (Wildman–Crippen MR) is 113 cm³/mol. The molecule has 0 spiro atoms. The molecule has 8 heteroatoms. The number of anilines is 1. The highest BCUT2D eigenvalue weighted by atomic mass is 32.1. The van der Waals surface area contributed by atoms with Gasteiger partial charge in [0.1, 0.15) is 11.1 Å². The first-order valence-corrected chi connectivity index (χ1v) is 10.9. The maximum atomic E-state index is 12.2. The number of ether oxygens (including phenoxy) is 1. The number of hydrogen-bond donors (Lipinski definition) is 2. The fourth-order valence-electron chi connectivity index (χ4n) is 3.49. The molecule has 2 aliphatic rings. The van der Waals surface area contributed by atoms with Crippen LogP contribution < -0.4 is 10.6 Å². The Morgan fingerprint density at radius 3 is 2.93 bits per heavy atom. The number of nitriles is 1. The van der Waals surface area contributed by atoms with Crippen molar-refractivity contribution >= 4 is 34.4 Å². The van der Waals surface area contributed by atoms with Gasteiger partial charge < -0.3 is 19.8 Å². The molecule has 2 aromatic rings. The Morgan fingerprint density at radius 1 is 1.33 bits per heavy atom. The van der Waals surface area contributed by atoms with E-state index in [4.69, 9.17) is 9.15 Å². The van der Waals surface area contributed by atoms with Crippen LogP contribution in [-0.2, 0) is 22.4 Å². The number of amides is 2. The summed E-state index contributed by atoms with van der Waals surface area (Å²) in [6.07, 6.45) is 10.5. The van der Waals surface area contributed by atoms with E-state index in [0.717, 1.165) is 35.3 Å². The lowest BCUT2D eigenvalue weighted by Crippen LogP contribution is -2.29. The monoisotopic (exact) mass is 425 g/mol. The van der Waals surface area contributed by atoms with Gasteiger partial charge in [0.15, 0.2) is 0 Å². The molecule has 0 aliphatic heterocycles. The van der Waals surface area contributed by atoms with Crippen molar-refractivity contribution in [3.63, 3.8) is 0 Å². The van der Waals surface area contributed by atoms with Crippen molar-refractivity contribution in [2.24, 2.45) is 11.8 Å². The molecule has 4 rings (SSSR count). The summed E-state index contributed by atoms with van der Waals surface area (Å²) in [4.78, 5) is 25.1. The van der Waals surface area contributed by atoms with E-state index < -0.39 is 0 Å². The third-order valence-electron chi connectivity index (χ3n) is 5.37. The second-order valence-electron chi connectivity index (χ2n) is 7.73. The number of nitrogens with one attached hydrogen (secondary N) is 2. The molecule has 0 aromatic carbocycles. The maximum Gasteiger partial charge on any atom is 0.407 e. The molecule has 2 aromatic heterocycles. The Labute approximate surface area is 178 Å². The predicted octanol–water partition coefficient (Wildman–Crippen LogP) is 4.11. The molecule has 0 radical (unpaired) electrons. The minimum Gasteiger partial charge on any atom is -0.472 e. The zero-order chi connectivity index (χ0) is 20.9. The Morgan fingerprint density at radius 2 is 2.20 bits per heavy atom. The highest BCUT2D eigenvalue weighted by molar-refractivity contribution is 7.16. The van der Waals surface area contributed by atoms with Gasteiger partial charge in [-0.2, -0.15) is 5.26 Å². The molecule has 2 amide bonds. The first-order valence-electron chi connectivity index (χ1n) is 10.1. The summed E-state index contributed by atoms with van der Waals surface area (Å²) in [6, 6.07) is 3.99. The average molecular weight is 426 g/mol. The van der Waals surface area contributed by atoms with Crippen LogP contribution in [0.4, 0.5) is 9.80 Å². The lowest BCUT2D eigenvalue weighted by molar-refractivity contribution is -0.111. The van der Waals surface area contributed by atoms with Crippen molar-refractivity contribution in [1.82, 2.24) is 5.32 Å². The molecule has 30 heavy (non-hydrogen) atoms. The zero-order valence-corrected chi connectivity index (χ0v) is 17.3. The number of fused-ring (bicyclic) bond motifs is 1. The second kappa shape index (κ2) is 9.18. The highest BCUT2D eigenvalue weighted by Gasteiger charge is 2.27. The van der Waals surface area contributed by atoms with E-state index in [2.05, 4.69) is 16.7 Å². The van der Waals surface area contributed by atoms with E-state index >= 15 is 0 Å². The first-order chi connectivity index (χ1) is 14.6. The van der Waals surface area contributed by atoms with Crippen molar-refractivity contribution in [1.29, 1.82) is 5.26 Å². The molecule has 2 aliphatic carbocycles. The fraction of sp³-hybridized carbons (Fsp3) is 0.409. The molecule has 1 saturated carbocycles. The Balaban J connectivity index is 1.34. The smallest absolute Gasteiger partial charge is 0.407 e. The van der Waals surface area contributed by atoms with Crippen LogP contribution in [0.25, 0.3) is 6.08 Å². The largest absolute Gasteiger partial charge is 0.472 e. The van der Waals surface area contributed by atoms with Crippen molar-refractivity contribution in [3.05, 3.63) is 46.2 Å². The van der Waals surface area contributed by atoms with Gasteiger partial charge >= 0.3 is 6.09 Å². The molecule has 1 unspecified atom stereocenters. The highest BCUT2D eigenvalue weighted by Crippen LogP contribution is 2.39. The minimum absolute atomic E-state index is 0.221. The van der Waals surface area contributed by atoms with Crippen LogP contribution in [0, 0.1) is 23.2 Å². The van der Waals surface area contributed by atoms with Crippen LogP contribution in [0.3, 0.4) is 0 Å². The lowest BCUT2D eigenvalue weighted by Gasteiger charge is -2.21. The lowest BCUT2D eigenvalue weighted by atomic mass is 9.88. The SMILES string of the molecule is N#Cc1c(NC(=O)C=Cc2ccoc2)sc2c1CCC(COC(=O)NCC1CC1)C2. The van der Waals surface area contributed by atoms with E-state index in [1.807, 2.05) is 0 Å². The van der Waals surface area contributed by atoms with Gasteiger partial charge in [-0.25, -0.2) is 4.79 Å². The normalized spacial score (nSPS) is 17.9. The van der Waals surface area contributed by atoms with Crippen LogP contribution in [-0.4, -0.2) is 25.2 Å². The van der Waals surface area contributed by atoms with Crippen LogP contribution >= 0.6 is 11.3 Å². The zero-order valence-electron chi connectivity index (χ0n) is 16.5. The molecular weight excluding hydrogens is 402 g/mol. The van der Waals surface area contributed by atoms with Gasteiger partial charge in [0.25, 0.3) is 0 Å². The number of nitrogens with zero attached hydrogens (tertiary/aromatic N) is 1. The van der Waals surface area contributed by atoms with Crippen LogP contribution in [0.1, 0.15) is 40.8 Å². The first kappa shape index (κ1) is 20.2. The Kier molecular flexibility index (Phi) is 6.19. The molecular formula is C22H23N3O4S. The van der Waals surface area contributed by atoms with Gasteiger partial charge in [0.2, 0.25) is 5.91 Å². The van der Waals surface area contributed by atoms with E-state index in [-0.39, 0.29) is 17.9 Å². The summed E-state index contributed by atoms with van der Waals surface area (Å²) in [7, 11) is 0. The summed E-state index contributed by atoms with van der Waals surface area (Å²) >= 11 is 1.44. The quantitative estimate of drug-likeness (QED) is 0.650. The summed E-state index contributed by atoms with van der Waals surface area (Å²) in [5.74, 6) is 0.547. The number of hydrogen-bond acceptors (Lipinski definition) is 6. The van der Waals surface area contributed by atoms with Gasteiger partial charge in [0.05, 0.1) is 24.7 Å². The van der Waals surface area contributed by atoms with E-state index in [9.17, 15) is 14.9 Å². The summed E-state index contributed by atoms with van der Waals surface area (Å²) in [5, 5.41) is 15.8. The molecule has 2 N–H and O–H groups in total. The van der Waals surface area contributed by atoms with Crippen LogP contribution in [0.5, 0.6) is 0 Å². The van der Waals surface area contributed by atoms with E-state index in [0.29, 0.717) is 29.6 Å². The number of alkyl carbamates (subject to hydrolysis) is 1. The summed E-state index contributed by atoms with van der Waals surface area (Å²) in [6.45, 7) is 1.06. The molecule has 1 fully saturated rings. The minimum atomic E-state index is -0.353. The van der Waals surface area contributed by atoms with Crippen molar-refractivity contribution in [2.45, 2.75) is 32.1 Å². The number of thiophene rings is 1. The van der Waals surface area contributed by atoms with Gasteiger partial charge in [0, 0.05) is 23.1 Å². The van der Waals surface area contributed by atoms with E-state index in [1.165, 1.54) is 36.5 Å². The molecule has 156 valence electrons. The third-order valence-corrected chi connectivity index (χ3v) is 6.54. The fourth-order valence-corrected chi connectivity index (χ4v) is 4.81. The summed E-state index contributed by atoms with van der Waals surface area (Å²) < 4.78 is 10.3. The molecule has 0 bridgehead atoms. The van der Waals surface area contributed by atoms with Crippen LogP contribution in [0.15, 0.2) is 29.1 Å². The molecule has 7 nitrogen and oxygen atoms in total. The molecule has 2 heterocycles. The maximum absolute atomic E-state index is 12.2. The topological polar surface area (TPSA) is 104 Å². The number of carbonyl (C=O) groups excluding carboxylic acids is 2.